The number of nitrogens with two attached hydrogens (primary N) is 1. The number of hydrogen-bond acceptors (Lipinski definition) is 4. The van der Waals surface area contributed by atoms with E-state index in [1.165, 1.54) is 39.2 Å². The molecule has 0 aromatic heterocycles. The van der Waals surface area contributed by atoms with Crippen molar-refractivity contribution in [1.29, 1.82) is 0 Å². The van der Waals surface area contributed by atoms with Crippen molar-refractivity contribution in [2.45, 2.75) is 58.2 Å². The summed E-state index contributed by atoms with van der Waals surface area (Å²) in [6, 6.07) is 7.73. The molecule has 2 fully saturated rings. The molecule has 2 aliphatic rings. The molecule has 0 bridgehead atoms. The van der Waals surface area contributed by atoms with Crippen LogP contribution in [0.25, 0.3) is 0 Å². The van der Waals surface area contributed by atoms with Gasteiger partial charge in [-0.1, -0.05) is 45.2 Å². The van der Waals surface area contributed by atoms with Crippen molar-refractivity contribution >= 4 is 5.69 Å². The van der Waals surface area contributed by atoms with Gasteiger partial charge in [0.25, 0.3) is 0 Å². The highest BCUT2D eigenvalue weighted by Crippen LogP contribution is 2.31. The van der Waals surface area contributed by atoms with Crippen LogP contribution < -0.4 is 15.4 Å². The van der Waals surface area contributed by atoms with Gasteiger partial charge in [-0.3, -0.25) is 4.90 Å². The minimum Gasteiger partial charge on any atom is -0.482 e. The van der Waals surface area contributed by atoms with Crippen LogP contribution in [0.3, 0.4) is 0 Å². The fourth-order valence-electron chi connectivity index (χ4n) is 3.77. The van der Waals surface area contributed by atoms with E-state index in [-0.39, 0.29) is 0 Å². The highest BCUT2D eigenvalue weighted by atomic mass is 19.4. The first-order chi connectivity index (χ1) is 13.5. The summed E-state index contributed by atoms with van der Waals surface area (Å²) in [6.07, 6.45) is 2.24. The van der Waals surface area contributed by atoms with Crippen molar-refractivity contribution in [3.05, 3.63) is 24.3 Å². The summed E-state index contributed by atoms with van der Waals surface area (Å²) in [5, 5.41) is 0. The molecule has 2 N–H and O–H groups in total. The first-order valence-corrected chi connectivity index (χ1v) is 10.4. The fourth-order valence-corrected chi connectivity index (χ4v) is 3.77. The van der Waals surface area contributed by atoms with Crippen molar-refractivity contribution in [2.75, 3.05) is 44.7 Å². The second-order valence-corrected chi connectivity index (χ2v) is 6.69. The Morgan fingerprint density at radius 1 is 0.964 bits per heavy atom. The minimum atomic E-state index is -4.31. The topological polar surface area (TPSA) is 41.7 Å². The van der Waals surface area contributed by atoms with E-state index in [0.29, 0.717) is 11.8 Å². The maximum atomic E-state index is 12.4. The normalized spacial score (nSPS) is 18.5. The molecule has 4 nitrogen and oxygen atoms in total. The molecule has 1 saturated carbocycles. The van der Waals surface area contributed by atoms with Crippen LogP contribution in [0.1, 0.15) is 46.0 Å². The van der Waals surface area contributed by atoms with E-state index in [1.54, 1.807) is 12.1 Å². The van der Waals surface area contributed by atoms with Crippen molar-refractivity contribution in [3.63, 3.8) is 0 Å². The van der Waals surface area contributed by atoms with E-state index in [9.17, 15) is 13.2 Å². The monoisotopic (exact) mass is 403 g/mol. The number of piperazine rings is 1. The van der Waals surface area contributed by atoms with Gasteiger partial charge in [0.15, 0.2) is 6.61 Å². The Balaban J connectivity index is 0.000000921. The third-order valence-corrected chi connectivity index (χ3v) is 5.00. The lowest BCUT2D eigenvalue weighted by Crippen LogP contribution is -2.51. The number of ether oxygens (including phenoxy) is 1. The molecule has 1 aliphatic heterocycles. The average Bonchev–Trinajstić information content (AvgIpc) is 2.76. The Kier molecular flexibility index (Phi) is 11.3. The van der Waals surface area contributed by atoms with Gasteiger partial charge in [0, 0.05) is 32.2 Å². The summed E-state index contributed by atoms with van der Waals surface area (Å²) < 4.78 is 42.3. The van der Waals surface area contributed by atoms with E-state index in [2.05, 4.69) is 15.5 Å². The van der Waals surface area contributed by atoms with Crippen LogP contribution in [0, 0.1) is 0 Å². The van der Waals surface area contributed by atoms with Gasteiger partial charge in [-0.25, -0.2) is 0 Å². The van der Waals surface area contributed by atoms with Crippen LogP contribution in [0.2, 0.25) is 0 Å². The largest absolute Gasteiger partial charge is 0.482 e. The van der Waals surface area contributed by atoms with E-state index < -0.39 is 12.8 Å². The number of rotatable bonds is 4. The number of anilines is 1. The standard InChI is InChI=1S/C18H25F3N2O.C2H6.CH5N/c19-18(20,21)14-24-17-9-5-4-8-16(17)23-12-10-22(11-13-23)15-6-2-1-3-7-15;2*1-2/h4-5,8-9,15H,1-3,6-7,10-14H2;1-2H3;2H2,1H3. The third kappa shape index (κ3) is 7.87. The zero-order chi connectivity index (χ0) is 21.0. The summed E-state index contributed by atoms with van der Waals surface area (Å²) in [4.78, 5) is 4.69. The maximum Gasteiger partial charge on any atom is 0.422 e. The van der Waals surface area contributed by atoms with E-state index in [1.807, 2.05) is 26.0 Å². The quantitative estimate of drug-likeness (QED) is 0.792. The van der Waals surface area contributed by atoms with Crippen LogP contribution in [-0.4, -0.2) is 57.0 Å². The third-order valence-electron chi connectivity index (χ3n) is 5.00. The number of alkyl halides is 3. The Hall–Kier alpha value is -1.47. The first-order valence-electron chi connectivity index (χ1n) is 10.4. The molecule has 0 radical (unpaired) electrons. The molecule has 0 spiro atoms. The molecular formula is C21H36F3N3O. The molecule has 0 unspecified atom stereocenters. The molecule has 0 amide bonds. The first kappa shape index (κ1) is 24.6. The SMILES string of the molecule is CC.CN.FC(F)(F)COc1ccccc1N1CCN(C2CCCCC2)CC1. The summed E-state index contributed by atoms with van der Waals surface area (Å²) >= 11 is 0. The van der Waals surface area contributed by atoms with Crippen LogP contribution in [0.4, 0.5) is 18.9 Å². The van der Waals surface area contributed by atoms with Gasteiger partial charge < -0.3 is 15.4 Å². The van der Waals surface area contributed by atoms with Crippen LogP contribution in [0.15, 0.2) is 24.3 Å². The van der Waals surface area contributed by atoms with Gasteiger partial charge in [-0.05, 0) is 32.0 Å². The molecule has 1 aliphatic carbocycles. The van der Waals surface area contributed by atoms with Gasteiger partial charge >= 0.3 is 6.18 Å². The Morgan fingerprint density at radius 3 is 2.11 bits per heavy atom. The van der Waals surface area contributed by atoms with E-state index >= 15 is 0 Å². The number of hydrogen-bond donors (Lipinski definition) is 1. The molecular weight excluding hydrogens is 367 g/mol. The van der Waals surface area contributed by atoms with Gasteiger partial charge in [0.2, 0.25) is 0 Å². The number of para-hydroxylation sites is 2. The molecule has 28 heavy (non-hydrogen) atoms. The highest BCUT2D eigenvalue weighted by molar-refractivity contribution is 5.58. The average molecular weight is 404 g/mol. The van der Waals surface area contributed by atoms with Gasteiger partial charge in [0.05, 0.1) is 5.69 Å². The Labute approximate surface area is 167 Å². The van der Waals surface area contributed by atoms with Crippen molar-refractivity contribution < 1.29 is 17.9 Å². The number of halogens is 3. The van der Waals surface area contributed by atoms with Crippen molar-refractivity contribution in [1.82, 2.24) is 4.90 Å². The van der Waals surface area contributed by atoms with Crippen LogP contribution >= 0.6 is 0 Å². The fraction of sp³-hybridized carbons (Fsp3) is 0.714. The Bertz CT molecular complexity index is 526. The lowest BCUT2D eigenvalue weighted by Gasteiger charge is -2.41. The second kappa shape index (κ2) is 12.9. The van der Waals surface area contributed by atoms with Gasteiger partial charge in [-0.15, -0.1) is 0 Å². The van der Waals surface area contributed by atoms with E-state index in [0.717, 1.165) is 31.9 Å². The summed E-state index contributed by atoms with van der Waals surface area (Å²) in [7, 11) is 1.50. The predicted octanol–water partition coefficient (Wildman–Crippen LogP) is 4.68. The molecule has 0 atom stereocenters. The summed E-state index contributed by atoms with van der Waals surface area (Å²) in [5.41, 5.74) is 5.27. The summed E-state index contributed by atoms with van der Waals surface area (Å²) in [5.74, 6) is 0.320. The summed E-state index contributed by atoms with van der Waals surface area (Å²) in [6.45, 7) is 6.37. The maximum absolute atomic E-state index is 12.4. The smallest absolute Gasteiger partial charge is 0.422 e. The van der Waals surface area contributed by atoms with E-state index in [4.69, 9.17) is 4.74 Å². The zero-order valence-electron chi connectivity index (χ0n) is 17.5. The molecule has 1 saturated heterocycles. The van der Waals surface area contributed by atoms with Crippen molar-refractivity contribution in [2.24, 2.45) is 5.73 Å². The predicted molar refractivity (Wildman–Crippen MR) is 110 cm³/mol. The number of benzene rings is 1. The minimum absolute atomic E-state index is 0.320. The molecule has 1 aromatic rings. The van der Waals surface area contributed by atoms with Gasteiger partial charge in [0.1, 0.15) is 5.75 Å². The zero-order valence-corrected chi connectivity index (χ0v) is 17.5. The highest BCUT2D eigenvalue weighted by Gasteiger charge is 2.30. The lowest BCUT2D eigenvalue weighted by molar-refractivity contribution is -0.153. The molecule has 1 aromatic carbocycles. The molecule has 7 heteroatoms. The lowest BCUT2D eigenvalue weighted by atomic mass is 9.94. The van der Waals surface area contributed by atoms with Crippen molar-refractivity contribution in [3.8, 4) is 5.75 Å². The van der Waals surface area contributed by atoms with Gasteiger partial charge in [-0.2, -0.15) is 13.2 Å². The molecule has 162 valence electrons. The Morgan fingerprint density at radius 2 is 1.54 bits per heavy atom. The van der Waals surface area contributed by atoms with Crippen LogP contribution in [0.5, 0.6) is 5.75 Å². The van der Waals surface area contributed by atoms with Crippen LogP contribution in [-0.2, 0) is 0 Å². The number of nitrogens with zero attached hydrogens (tertiary/aromatic N) is 2. The molecule has 1 heterocycles. The molecule has 3 rings (SSSR count). The second-order valence-electron chi connectivity index (χ2n) is 6.69.